The van der Waals surface area contributed by atoms with E-state index in [1.807, 2.05) is 6.92 Å². The molecule has 0 saturated heterocycles. The monoisotopic (exact) mass is 231 g/mol. The predicted octanol–water partition coefficient (Wildman–Crippen LogP) is 2.94. The molecule has 2 N–H and O–H groups in total. The van der Waals surface area contributed by atoms with Crippen molar-refractivity contribution in [1.29, 1.82) is 0 Å². The number of halogens is 2. The van der Waals surface area contributed by atoms with Gasteiger partial charge in [-0.25, -0.2) is 8.78 Å². The molecular weight excluding hydrogens is 216 g/mol. The third-order valence-electron chi connectivity index (χ3n) is 1.91. The molecule has 1 rings (SSSR count). The van der Waals surface area contributed by atoms with E-state index in [2.05, 4.69) is 0 Å². The van der Waals surface area contributed by atoms with Crippen molar-refractivity contribution < 1.29 is 8.78 Å². The lowest BCUT2D eigenvalue weighted by Crippen LogP contribution is -2.15. The van der Waals surface area contributed by atoms with Crippen LogP contribution in [-0.2, 0) is 5.75 Å². The van der Waals surface area contributed by atoms with Crippen molar-refractivity contribution in [2.24, 2.45) is 5.73 Å². The molecule has 0 aliphatic rings. The average molecular weight is 231 g/mol. The maximum Gasteiger partial charge on any atom is 0.126 e. The fourth-order valence-corrected chi connectivity index (χ4v) is 2.24. The highest BCUT2D eigenvalue weighted by Gasteiger charge is 2.01. The Hall–Kier alpha value is -0.610. The maximum atomic E-state index is 12.8. The van der Waals surface area contributed by atoms with Gasteiger partial charge in [0.25, 0.3) is 0 Å². The van der Waals surface area contributed by atoms with Gasteiger partial charge in [0.1, 0.15) is 11.6 Å². The second-order valence-electron chi connectivity index (χ2n) is 3.60. The molecule has 15 heavy (non-hydrogen) atoms. The number of nitrogens with two attached hydrogens (primary N) is 1. The molecule has 0 fully saturated rings. The summed E-state index contributed by atoms with van der Waals surface area (Å²) in [6.07, 6.45) is 0.919. The summed E-state index contributed by atoms with van der Waals surface area (Å²) >= 11 is 1.64. The lowest BCUT2D eigenvalue weighted by Gasteiger charge is -2.05. The molecule has 4 heteroatoms. The molecule has 1 aromatic rings. The normalized spacial score (nSPS) is 12.8. The minimum atomic E-state index is -0.516. The van der Waals surface area contributed by atoms with Gasteiger partial charge in [-0.2, -0.15) is 11.8 Å². The Kier molecular flexibility index (Phi) is 5.05. The summed E-state index contributed by atoms with van der Waals surface area (Å²) in [6, 6.07) is 3.79. The van der Waals surface area contributed by atoms with Crippen LogP contribution in [0.25, 0.3) is 0 Å². The van der Waals surface area contributed by atoms with Crippen molar-refractivity contribution in [3.8, 4) is 0 Å². The van der Waals surface area contributed by atoms with Crippen LogP contribution in [-0.4, -0.2) is 11.8 Å². The largest absolute Gasteiger partial charge is 0.328 e. The van der Waals surface area contributed by atoms with E-state index in [-0.39, 0.29) is 6.04 Å². The van der Waals surface area contributed by atoms with E-state index < -0.39 is 11.6 Å². The van der Waals surface area contributed by atoms with Crippen molar-refractivity contribution in [2.45, 2.75) is 25.1 Å². The zero-order valence-corrected chi connectivity index (χ0v) is 9.49. The fourth-order valence-electron chi connectivity index (χ4n) is 1.15. The second kappa shape index (κ2) is 6.08. The predicted molar refractivity (Wildman–Crippen MR) is 60.8 cm³/mol. The number of rotatable bonds is 5. The molecule has 0 spiro atoms. The number of hydrogen-bond donors (Lipinski definition) is 1. The Morgan fingerprint density at radius 2 is 1.87 bits per heavy atom. The van der Waals surface area contributed by atoms with E-state index >= 15 is 0 Å². The van der Waals surface area contributed by atoms with Crippen LogP contribution in [0.2, 0.25) is 0 Å². The molecule has 0 aromatic heterocycles. The van der Waals surface area contributed by atoms with Crippen LogP contribution in [0.4, 0.5) is 8.78 Å². The smallest absolute Gasteiger partial charge is 0.126 e. The van der Waals surface area contributed by atoms with E-state index in [4.69, 9.17) is 5.73 Å². The Balaban J connectivity index is 2.37. The number of benzene rings is 1. The highest BCUT2D eigenvalue weighted by molar-refractivity contribution is 7.98. The SMILES string of the molecule is CC(N)CCSCc1cc(F)cc(F)c1. The topological polar surface area (TPSA) is 26.0 Å². The molecule has 1 aromatic carbocycles. The standard InChI is InChI=1S/C11H15F2NS/c1-8(14)2-3-15-7-9-4-10(12)6-11(13)5-9/h4-6,8H,2-3,7,14H2,1H3. The lowest BCUT2D eigenvalue weighted by atomic mass is 10.2. The second-order valence-corrected chi connectivity index (χ2v) is 4.70. The van der Waals surface area contributed by atoms with Gasteiger partial charge in [0.15, 0.2) is 0 Å². The summed E-state index contributed by atoms with van der Waals surface area (Å²) in [7, 11) is 0. The Morgan fingerprint density at radius 1 is 1.27 bits per heavy atom. The molecule has 0 amide bonds. The fraction of sp³-hybridized carbons (Fsp3) is 0.455. The first-order valence-corrected chi connectivity index (χ1v) is 6.01. The van der Waals surface area contributed by atoms with Gasteiger partial charge < -0.3 is 5.73 Å². The summed E-state index contributed by atoms with van der Waals surface area (Å²) in [4.78, 5) is 0. The summed E-state index contributed by atoms with van der Waals surface area (Å²) in [5.41, 5.74) is 6.27. The quantitative estimate of drug-likeness (QED) is 0.788. The zero-order chi connectivity index (χ0) is 11.3. The highest BCUT2D eigenvalue weighted by atomic mass is 32.2. The van der Waals surface area contributed by atoms with Gasteiger partial charge in [0.05, 0.1) is 0 Å². The summed E-state index contributed by atoms with van der Waals surface area (Å²) in [5, 5.41) is 0. The molecule has 0 saturated carbocycles. The average Bonchev–Trinajstić information content (AvgIpc) is 2.10. The molecule has 1 nitrogen and oxygen atoms in total. The summed E-state index contributed by atoms with van der Waals surface area (Å²) < 4.78 is 25.6. The van der Waals surface area contributed by atoms with Gasteiger partial charge in [0.2, 0.25) is 0 Å². The maximum absolute atomic E-state index is 12.8. The molecule has 1 atom stereocenters. The zero-order valence-electron chi connectivity index (χ0n) is 8.67. The third kappa shape index (κ3) is 5.14. The highest BCUT2D eigenvalue weighted by Crippen LogP contribution is 2.16. The van der Waals surface area contributed by atoms with Gasteiger partial charge in [-0.3, -0.25) is 0 Å². The van der Waals surface area contributed by atoms with Crippen LogP contribution in [0.3, 0.4) is 0 Å². The molecule has 0 aliphatic carbocycles. The van der Waals surface area contributed by atoms with E-state index in [9.17, 15) is 8.78 Å². The third-order valence-corrected chi connectivity index (χ3v) is 2.97. The number of thioether (sulfide) groups is 1. The van der Waals surface area contributed by atoms with Crippen LogP contribution in [0, 0.1) is 11.6 Å². The van der Waals surface area contributed by atoms with Crippen molar-refractivity contribution in [3.05, 3.63) is 35.4 Å². The molecule has 0 aliphatic heterocycles. The van der Waals surface area contributed by atoms with Crippen LogP contribution in [0.1, 0.15) is 18.9 Å². The first-order chi connectivity index (χ1) is 7.08. The Bertz CT molecular complexity index is 295. The van der Waals surface area contributed by atoms with Crippen LogP contribution in [0.5, 0.6) is 0 Å². The molecule has 0 radical (unpaired) electrons. The first kappa shape index (κ1) is 12.5. The summed E-state index contributed by atoms with van der Waals surface area (Å²) in [6.45, 7) is 1.95. The van der Waals surface area contributed by atoms with Crippen molar-refractivity contribution in [3.63, 3.8) is 0 Å². The number of hydrogen-bond acceptors (Lipinski definition) is 2. The summed E-state index contributed by atoms with van der Waals surface area (Å²) in [5.74, 6) is 0.507. The van der Waals surface area contributed by atoms with Crippen molar-refractivity contribution >= 4 is 11.8 Å². The molecule has 84 valence electrons. The van der Waals surface area contributed by atoms with Gasteiger partial charge in [-0.15, -0.1) is 0 Å². The van der Waals surface area contributed by atoms with Gasteiger partial charge in [-0.1, -0.05) is 0 Å². The lowest BCUT2D eigenvalue weighted by molar-refractivity contribution is 0.581. The van der Waals surface area contributed by atoms with Crippen molar-refractivity contribution in [1.82, 2.24) is 0 Å². The van der Waals surface area contributed by atoms with Gasteiger partial charge >= 0.3 is 0 Å². The van der Waals surface area contributed by atoms with Crippen LogP contribution in [0.15, 0.2) is 18.2 Å². The molecule has 0 heterocycles. The molecular formula is C11H15F2NS. The van der Waals surface area contributed by atoms with Crippen LogP contribution >= 0.6 is 11.8 Å². The van der Waals surface area contributed by atoms with E-state index in [0.29, 0.717) is 11.3 Å². The van der Waals surface area contributed by atoms with Crippen molar-refractivity contribution in [2.75, 3.05) is 5.75 Å². The van der Waals surface area contributed by atoms with E-state index in [0.717, 1.165) is 18.2 Å². The van der Waals surface area contributed by atoms with E-state index in [1.54, 1.807) is 11.8 Å². The molecule has 1 unspecified atom stereocenters. The minimum Gasteiger partial charge on any atom is -0.328 e. The van der Waals surface area contributed by atoms with Crippen LogP contribution < -0.4 is 5.73 Å². The Labute approximate surface area is 93.1 Å². The molecule has 0 bridgehead atoms. The van der Waals surface area contributed by atoms with Gasteiger partial charge in [-0.05, 0) is 36.8 Å². The Morgan fingerprint density at radius 3 is 2.40 bits per heavy atom. The van der Waals surface area contributed by atoms with E-state index in [1.165, 1.54) is 12.1 Å². The minimum absolute atomic E-state index is 0.182. The first-order valence-electron chi connectivity index (χ1n) is 4.86. The van der Waals surface area contributed by atoms with Gasteiger partial charge in [0, 0.05) is 17.9 Å².